The van der Waals surface area contributed by atoms with Crippen LogP contribution in [0.5, 0.6) is 0 Å². The van der Waals surface area contributed by atoms with E-state index in [-0.39, 0.29) is 0 Å². The van der Waals surface area contributed by atoms with Gasteiger partial charge in [-0.3, -0.25) is 0 Å². The van der Waals surface area contributed by atoms with E-state index in [1.165, 1.54) is 23.1 Å². The molecule has 90 valence electrons. The Hall–Kier alpha value is -0.860. The fourth-order valence-electron chi connectivity index (χ4n) is 1.75. The average molecular weight is 220 g/mol. The van der Waals surface area contributed by atoms with Gasteiger partial charge in [0.25, 0.3) is 0 Å². The fourth-order valence-corrected chi connectivity index (χ4v) is 1.75. The topological polar surface area (TPSA) is 24.1 Å². The Bertz CT molecular complexity index is 308. The molecule has 0 heterocycles. The summed E-state index contributed by atoms with van der Waals surface area (Å²) >= 11 is 0. The van der Waals surface area contributed by atoms with Crippen molar-refractivity contribution >= 4 is 0 Å². The molecule has 0 aromatic heterocycles. The maximum atomic E-state index is 3.46. The van der Waals surface area contributed by atoms with Crippen molar-refractivity contribution in [3.63, 3.8) is 0 Å². The Morgan fingerprint density at radius 2 is 1.75 bits per heavy atom. The fraction of sp³-hybridized carbons (Fsp3) is 0.571. The second-order valence-electron chi connectivity index (χ2n) is 4.36. The molecule has 0 saturated carbocycles. The first-order valence-electron chi connectivity index (χ1n) is 6.21. The largest absolute Gasteiger partial charge is 0.315 e. The summed E-state index contributed by atoms with van der Waals surface area (Å²) in [6.07, 6.45) is 1.21. The SMILES string of the molecule is CCCNCCNCc1ccc(C)cc1C. The minimum absolute atomic E-state index is 0.972. The molecule has 0 amide bonds. The molecule has 2 nitrogen and oxygen atoms in total. The molecule has 0 atom stereocenters. The number of aryl methyl sites for hydroxylation is 2. The van der Waals surface area contributed by atoms with Crippen LogP contribution in [0.3, 0.4) is 0 Å². The summed E-state index contributed by atoms with van der Waals surface area (Å²) in [6.45, 7) is 10.7. The van der Waals surface area contributed by atoms with E-state index >= 15 is 0 Å². The zero-order valence-corrected chi connectivity index (χ0v) is 10.8. The third-order valence-electron chi connectivity index (χ3n) is 2.72. The van der Waals surface area contributed by atoms with Crippen LogP contribution in [0, 0.1) is 13.8 Å². The van der Waals surface area contributed by atoms with Crippen LogP contribution in [0.4, 0.5) is 0 Å². The predicted octanol–water partition coefficient (Wildman–Crippen LogP) is 2.39. The number of hydrogen-bond donors (Lipinski definition) is 2. The molecule has 1 aromatic rings. The van der Waals surface area contributed by atoms with Gasteiger partial charge < -0.3 is 10.6 Å². The van der Waals surface area contributed by atoms with Crippen LogP contribution in [0.15, 0.2) is 18.2 Å². The molecule has 0 saturated heterocycles. The molecule has 0 aliphatic rings. The lowest BCUT2D eigenvalue weighted by molar-refractivity contribution is 0.606. The van der Waals surface area contributed by atoms with Crippen molar-refractivity contribution in [1.82, 2.24) is 10.6 Å². The summed E-state index contributed by atoms with van der Waals surface area (Å²) in [7, 11) is 0. The first-order chi connectivity index (χ1) is 7.74. The second kappa shape index (κ2) is 7.42. The first-order valence-corrected chi connectivity index (χ1v) is 6.21. The van der Waals surface area contributed by atoms with E-state index in [2.05, 4.69) is 49.6 Å². The molecule has 0 radical (unpaired) electrons. The predicted molar refractivity (Wildman–Crippen MR) is 70.8 cm³/mol. The summed E-state index contributed by atoms with van der Waals surface area (Å²) in [6, 6.07) is 6.64. The Labute approximate surface area is 99.5 Å². The molecule has 16 heavy (non-hydrogen) atoms. The lowest BCUT2D eigenvalue weighted by Gasteiger charge is -2.09. The van der Waals surface area contributed by atoms with Gasteiger partial charge in [0.05, 0.1) is 0 Å². The number of benzene rings is 1. The molecule has 1 aromatic carbocycles. The van der Waals surface area contributed by atoms with Crippen molar-refractivity contribution in [3.05, 3.63) is 34.9 Å². The first kappa shape index (κ1) is 13.2. The van der Waals surface area contributed by atoms with E-state index in [0.29, 0.717) is 0 Å². The highest BCUT2D eigenvalue weighted by Crippen LogP contribution is 2.09. The van der Waals surface area contributed by atoms with Crippen LogP contribution in [-0.2, 0) is 6.54 Å². The van der Waals surface area contributed by atoms with Crippen LogP contribution < -0.4 is 10.6 Å². The molecule has 0 aliphatic heterocycles. The second-order valence-corrected chi connectivity index (χ2v) is 4.36. The maximum Gasteiger partial charge on any atom is 0.0208 e. The van der Waals surface area contributed by atoms with Crippen molar-refractivity contribution in [2.24, 2.45) is 0 Å². The zero-order chi connectivity index (χ0) is 11.8. The monoisotopic (exact) mass is 220 g/mol. The van der Waals surface area contributed by atoms with Crippen LogP contribution >= 0.6 is 0 Å². The Kier molecular flexibility index (Phi) is 6.12. The van der Waals surface area contributed by atoms with Gasteiger partial charge in [-0.2, -0.15) is 0 Å². The quantitative estimate of drug-likeness (QED) is 0.690. The standard InChI is InChI=1S/C14H24N2/c1-4-7-15-8-9-16-11-14-6-5-12(2)10-13(14)3/h5-6,10,15-16H,4,7-9,11H2,1-3H3. The molecular weight excluding hydrogens is 196 g/mol. The lowest BCUT2D eigenvalue weighted by atomic mass is 10.1. The molecule has 1 rings (SSSR count). The molecule has 2 heteroatoms. The number of rotatable bonds is 7. The molecule has 0 bridgehead atoms. The van der Waals surface area contributed by atoms with Gasteiger partial charge in [-0.1, -0.05) is 30.7 Å². The van der Waals surface area contributed by atoms with Crippen molar-refractivity contribution in [2.45, 2.75) is 33.7 Å². The summed E-state index contributed by atoms with van der Waals surface area (Å²) in [5.41, 5.74) is 4.13. The van der Waals surface area contributed by atoms with Gasteiger partial charge in [-0.05, 0) is 37.9 Å². The minimum Gasteiger partial charge on any atom is -0.315 e. The summed E-state index contributed by atoms with van der Waals surface area (Å²) in [4.78, 5) is 0. The van der Waals surface area contributed by atoms with E-state index < -0.39 is 0 Å². The zero-order valence-electron chi connectivity index (χ0n) is 10.8. The van der Waals surface area contributed by atoms with Crippen LogP contribution in [0.2, 0.25) is 0 Å². The average Bonchev–Trinajstić information content (AvgIpc) is 2.26. The number of hydrogen-bond acceptors (Lipinski definition) is 2. The smallest absolute Gasteiger partial charge is 0.0208 e. The molecule has 2 N–H and O–H groups in total. The molecule has 0 spiro atoms. The number of nitrogens with one attached hydrogen (secondary N) is 2. The maximum absolute atomic E-state index is 3.46. The van der Waals surface area contributed by atoms with Gasteiger partial charge in [0, 0.05) is 19.6 Å². The van der Waals surface area contributed by atoms with Gasteiger partial charge in [0.2, 0.25) is 0 Å². The third kappa shape index (κ3) is 4.77. The van der Waals surface area contributed by atoms with E-state index in [9.17, 15) is 0 Å². The minimum atomic E-state index is 0.972. The lowest BCUT2D eigenvalue weighted by Crippen LogP contribution is -2.27. The van der Waals surface area contributed by atoms with Gasteiger partial charge in [0.15, 0.2) is 0 Å². The van der Waals surface area contributed by atoms with Crippen LogP contribution in [-0.4, -0.2) is 19.6 Å². The summed E-state index contributed by atoms with van der Waals surface area (Å²) in [5, 5.41) is 6.84. The van der Waals surface area contributed by atoms with Crippen LogP contribution in [0.1, 0.15) is 30.0 Å². The van der Waals surface area contributed by atoms with Gasteiger partial charge in [-0.25, -0.2) is 0 Å². The summed E-state index contributed by atoms with van der Waals surface area (Å²) < 4.78 is 0. The van der Waals surface area contributed by atoms with E-state index in [0.717, 1.165) is 26.2 Å². The normalized spacial score (nSPS) is 10.7. The summed E-state index contributed by atoms with van der Waals surface area (Å²) in [5.74, 6) is 0. The van der Waals surface area contributed by atoms with Crippen LogP contribution in [0.25, 0.3) is 0 Å². The highest BCUT2D eigenvalue weighted by atomic mass is 14.9. The third-order valence-corrected chi connectivity index (χ3v) is 2.72. The van der Waals surface area contributed by atoms with Crippen molar-refractivity contribution < 1.29 is 0 Å². The Morgan fingerprint density at radius 1 is 1.00 bits per heavy atom. The highest BCUT2D eigenvalue weighted by Gasteiger charge is 1.97. The molecule has 0 aliphatic carbocycles. The van der Waals surface area contributed by atoms with Crippen molar-refractivity contribution in [1.29, 1.82) is 0 Å². The van der Waals surface area contributed by atoms with Gasteiger partial charge in [-0.15, -0.1) is 0 Å². The molecular formula is C14H24N2. The Balaban J connectivity index is 2.21. The van der Waals surface area contributed by atoms with Crippen molar-refractivity contribution in [3.8, 4) is 0 Å². The van der Waals surface area contributed by atoms with E-state index in [1.54, 1.807) is 0 Å². The highest BCUT2D eigenvalue weighted by molar-refractivity contribution is 5.30. The van der Waals surface area contributed by atoms with E-state index in [4.69, 9.17) is 0 Å². The Morgan fingerprint density at radius 3 is 2.44 bits per heavy atom. The van der Waals surface area contributed by atoms with Gasteiger partial charge in [0.1, 0.15) is 0 Å². The molecule has 0 fully saturated rings. The van der Waals surface area contributed by atoms with E-state index in [1.807, 2.05) is 0 Å². The van der Waals surface area contributed by atoms with Gasteiger partial charge >= 0.3 is 0 Å². The van der Waals surface area contributed by atoms with Crippen molar-refractivity contribution in [2.75, 3.05) is 19.6 Å². The molecule has 0 unspecified atom stereocenters.